The van der Waals surface area contributed by atoms with Crippen molar-refractivity contribution in [3.63, 3.8) is 0 Å². The van der Waals surface area contributed by atoms with Crippen LogP contribution in [0.15, 0.2) is 12.1 Å². The number of hydrogen-bond donors (Lipinski definition) is 3. The summed E-state index contributed by atoms with van der Waals surface area (Å²) >= 11 is 0. The summed E-state index contributed by atoms with van der Waals surface area (Å²) in [6, 6.07) is 3.76. The fraction of sp³-hybridized carbons (Fsp3) is 0.500. The van der Waals surface area contributed by atoms with E-state index in [2.05, 4.69) is 0 Å². The van der Waals surface area contributed by atoms with E-state index in [1.165, 1.54) is 0 Å². The lowest BCUT2D eigenvalue weighted by Gasteiger charge is -2.21. The molecule has 4 heteroatoms. The van der Waals surface area contributed by atoms with Gasteiger partial charge in [-0.1, -0.05) is 6.07 Å². The van der Waals surface area contributed by atoms with Crippen LogP contribution in [0.5, 0.6) is 5.75 Å². The first-order valence-corrected chi connectivity index (χ1v) is 5.22. The summed E-state index contributed by atoms with van der Waals surface area (Å²) in [5.41, 5.74) is 7.87. The van der Waals surface area contributed by atoms with Gasteiger partial charge >= 0.3 is 0 Å². The zero-order valence-corrected chi connectivity index (χ0v) is 9.90. The van der Waals surface area contributed by atoms with E-state index >= 15 is 0 Å². The molecule has 1 aromatic rings. The summed E-state index contributed by atoms with van der Waals surface area (Å²) in [5, 5.41) is 19.5. The number of hydrogen-bond acceptors (Lipinski definition) is 4. The highest BCUT2D eigenvalue weighted by Gasteiger charge is 2.22. The van der Waals surface area contributed by atoms with Crippen molar-refractivity contribution < 1.29 is 14.9 Å². The Bertz CT molecular complexity index is 366. The van der Waals surface area contributed by atoms with E-state index < -0.39 is 12.2 Å². The highest BCUT2D eigenvalue weighted by Crippen LogP contribution is 2.31. The summed E-state index contributed by atoms with van der Waals surface area (Å²) in [6.07, 6.45) is -1.99. The second kappa shape index (κ2) is 5.30. The van der Waals surface area contributed by atoms with Crippen molar-refractivity contribution in [3.8, 4) is 5.75 Å². The molecule has 0 aliphatic carbocycles. The van der Waals surface area contributed by atoms with E-state index in [9.17, 15) is 10.2 Å². The average molecular weight is 225 g/mol. The van der Waals surface area contributed by atoms with Gasteiger partial charge in [0.15, 0.2) is 0 Å². The van der Waals surface area contributed by atoms with Gasteiger partial charge in [0.2, 0.25) is 0 Å². The number of aliphatic hydroxyl groups excluding tert-OH is 2. The van der Waals surface area contributed by atoms with Crippen LogP contribution in [0.25, 0.3) is 0 Å². The van der Waals surface area contributed by atoms with Crippen LogP contribution in [0.3, 0.4) is 0 Å². The molecule has 0 radical (unpaired) electrons. The number of methoxy groups -OCH3 is 1. The molecule has 2 atom stereocenters. The lowest BCUT2D eigenvalue weighted by molar-refractivity contribution is 0.0225. The molecule has 0 fully saturated rings. The van der Waals surface area contributed by atoms with E-state index in [0.29, 0.717) is 11.3 Å². The van der Waals surface area contributed by atoms with Gasteiger partial charge in [0.1, 0.15) is 11.9 Å². The zero-order chi connectivity index (χ0) is 12.3. The molecule has 4 nitrogen and oxygen atoms in total. The maximum atomic E-state index is 9.96. The molecule has 90 valence electrons. The van der Waals surface area contributed by atoms with Crippen molar-refractivity contribution in [1.82, 2.24) is 0 Å². The van der Waals surface area contributed by atoms with Crippen molar-refractivity contribution in [1.29, 1.82) is 0 Å². The third-order valence-corrected chi connectivity index (χ3v) is 2.61. The third-order valence-electron chi connectivity index (χ3n) is 2.61. The molecule has 0 amide bonds. The number of nitrogens with two attached hydrogens (primary N) is 1. The van der Waals surface area contributed by atoms with Crippen LogP contribution in [0.4, 0.5) is 0 Å². The lowest BCUT2D eigenvalue weighted by Crippen LogP contribution is -2.28. The fourth-order valence-electron chi connectivity index (χ4n) is 1.81. The molecule has 0 aromatic heterocycles. The van der Waals surface area contributed by atoms with Crippen LogP contribution in [-0.4, -0.2) is 30.0 Å². The van der Waals surface area contributed by atoms with E-state index in [4.69, 9.17) is 10.5 Å². The molecule has 0 saturated carbocycles. The summed E-state index contributed by atoms with van der Waals surface area (Å²) in [5.74, 6) is 0.581. The Labute approximate surface area is 95.7 Å². The van der Waals surface area contributed by atoms with Gasteiger partial charge in [-0.15, -0.1) is 0 Å². The first kappa shape index (κ1) is 13.0. The monoisotopic (exact) mass is 225 g/mol. The first-order valence-electron chi connectivity index (χ1n) is 5.22. The second-order valence-electron chi connectivity index (χ2n) is 3.95. The van der Waals surface area contributed by atoms with Gasteiger partial charge in [-0.3, -0.25) is 0 Å². The Hall–Kier alpha value is -1.10. The minimum absolute atomic E-state index is 0.0115. The molecule has 0 saturated heterocycles. The van der Waals surface area contributed by atoms with E-state index in [1.54, 1.807) is 7.11 Å². The van der Waals surface area contributed by atoms with Gasteiger partial charge in [-0.05, 0) is 31.0 Å². The van der Waals surface area contributed by atoms with Crippen molar-refractivity contribution >= 4 is 0 Å². The summed E-state index contributed by atoms with van der Waals surface area (Å²) in [7, 11) is 1.54. The number of rotatable bonds is 4. The first-order chi connectivity index (χ1) is 7.51. The molecule has 16 heavy (non-hydrogen) atoms. The van der Waals surface area contributed by atoms with Crippen molar-refractivity contribution in [3.05, 3.63) is 28.8 Å². The summed E-state index contributed by atoms with van der Waals surface area (Å²) < 4.78 is 5.21. The van der Waals surface area contributed by atoms with Crippen LogP contribution >= 0.6 is 0 Å². The second-order valence-corrected chi connectivity index (χ2v) is 3.95. The standard InChI is InChI=1S/C12H19NO3/c1-7-4-8(2)11(10(5-7)16-3)12(15)9(14)6-13/h4-5,9,12,14-15H,6,13H2,1-3H3. The molecule has 0 spiro atoms. The largest absolute Gasteiger partial charge is 0.496 e. The molecule has 4 N–H and O–H groups in total. The van der Waals surface area contributed by atoms with Crippen molar-refractivity contribution in [2.75, 3.05) is 13.7 Å². The van der Waals surface area contributed by atoms with Crippen LogP contribution < -0.4 is 10.5 Å². The molecule has 0 aliphatic heterocycles. The minimum atomic E-state index is -1.01. The Morgan fingerprint density at radius 2 is 1.94 bits per heavy atom. The summed E-state index contributed by atoms with van der Waals surface area (Å²) in [6.45, 7) is 3.83. The zero-order valence-electron chi connectivity index (χ0n) is 9.90. The molecular formula is C12H19NO3. The Kier molecular flexibility index (Phi) is 4.29. The molecule has 1 rings (SSSR count). The van der Waals surface area contributed by atoms with Crippen LogP contribution in [0, 0.1) is 13.8 Å². The Balaban J connectivity index is 3.20. The average Bonchev–Trinajstić information content (AvgIpc) is 2.26. The number of aliphatic hydroxyl groups is 2. The van der Waals surface area contributed by atoms with Gasteiger partial charge in [0.05, 0.1) is 13.2 Å². The van der Waals surface area contributed by atoms with Crippen molar-refractivity contribution in [2.24, 2.45) is 5.73 Å². The topological polar surface area (TPSA) is 75.7 Å². The van der Waals surface area contributed by atoms with Crippen LogP contribution in [0.1, 0.15) is 22.8 Å². The molecule has 0 bridgehead atoms. The predicted octanol–water partition coefficient (Wildman–Crippen LogP) is 0.665. The maximum absolute atomic E-state index is 9.96. The third kappa shape index (κ3) is 2.52. The normalized spacial score (nSPS) is 14.6. The lowest BCUT2D eigenvalue weighted by atomic mass is 9.96. The molecule has 2 unspecified atom stereocenters. The molecular weight excluding hydrogens is 206 g/mol. The van der Waals surface area contributed by atoms with Gasteiger partial charge in [-0.2, -0.15) is 0 Å². The van der Waals surface area contributed by atoms with Gasteiger partial charge in [0.25, 0.3) is 0 Å². The SMILES string of the molecule is COc1cc(C)cc(C)c1C(O)C(O)CN. The number of ether oxygens (including phenoxy) is 1. The molecule has 0 aliphatic rings. The minimum Gasteiger partial charge on any atom is -0.496 e. The number of aryl methyl sites for hydroxylation is 2. The van der Waals surface area contributed by atoms with Crippen molar-refractivity contribution in [2.45, 2.75) is 26.1 Å². The quantitative estimate of drug-likeness (QED) is 0.704. The van der Waals surface area contributed by atoms with E-state index in [1.807, 2.05) is 26.0 Å². The fourth-order valence-corrected chi connectivity index (χ4v) is 1.81. The van der Waals surface area contributed by atoms with E-state index in [-0.39, 0.29) is 6.54 Å². The van der Waals surface area contributed by atoms with Gasteiger partial charge < -0.3 is 20.7 Å². The smallest absolute Gasteiger partial charge is 0.125 e. The van der Waals surface area contributed by atoms with Crippen LogP contribution in [0.2, 0.25) is 0 Å². The number of benzene rings is 1. The van der Waals surface area contributed by atoms with E-state index in [0.717, 1.165) is 11.1 Å². The Morgan fingerprint density at radius 1 is 1.31 bits per heavy atom. The predicted molar refractivity (Wildman–Crippen MR) is 62.5 cm³/mol. The molecule has 0 heterocycles. The maximum Gasteiger partial charge on any atom is 0.125 e. The van der Waals surface area contributed by atoms with Gasteiger partial charge in [-0.25, -0.2) is 0 Å². The van der Waals surface area contributed by atoms with Gasteiger partial charge in [0, 0.05) is 12.1 Å². The highest BCUT2D eigenvalue weighted by molar-refractivity contribution is 5.44. The highest BCUT2D eigenvalue weighted by atomic mass is 16.5. The Morgan fingerprint density at radius 3 is 2.44 bits per heavy atom. The molecule has 1 aromatic carbocycles. The van der Waals surface area contributed by atoms with Crippen LogP contribution in [-0.2, 0) is 0 Å². The summed E-state index contributed by atoms with van der Waals surface area (Å²) in [4.78, 5) is 0.